The molecule has 0 radical (unpaired) electrons. The van der Waals surface area contributed by atoms with Gasteiger partial charge in [0.05, 0.1) is 23.6 Å². The molecule has 1 amide bonds. The zero-order valence-electron chi connectivity index (χ0n) is 14.1. The van der Waals surface area contributed by atoms with Crippen molar-refractivity contribution < 1.29 is 4.79 Å². The molecule has 1 aromatic carbocycles. The summed E-state index contributed by atoms with van der Waals surface area (Å²) in [6.45, 7) is 0. The number of nitrogens with two attached hydrogens (primary N) is 1. The molecule has 1 aliphatic carbocycles. The molecule has 1 fully saturated rings. The maximum Gasteiger partial charge on any atom is 0.225 e. The minimum absolute atomic E-state index is 0.0862. The van der Waals surface area contributed by atoms with E-state index in [4.69, 9.17) is 5.73 Å². The van der Waals surface area contributed by atoms with Crippen LogP contribution >= 0.6 is 11.7 Å². The van der Waals surface area contributed by atoms with Gasteiger partial charge < -0.3 is 11.1 Å². The van der Waals surface area contributed by atoms with Crippen molar-refractivity contribution >= 4 is 45.8 Å². The van der Waals surface area contributed by atoms with Gasteiger partial charge in [-0.05, 0) is 37.5 Å². The molecule has 0 bridgehead atoms. The lowest BCUT2D eigenvalue weighted by molar-refractivity contribution is -0.121. The number of amides is 1. The van der Waals surface area contributed by atoms with Gasteiger partial charge in [-0.2, -0.15) is 18.4 Å². The highest BCUT2D eigenvalue weighted by molar-refractivity contribution is 7.00. The third-order valence-electron chi connectivity index (χ3n) is 4.84. The normalized spacial score (nSPS) is 19.7. The molecule has 11 heteroatoms. The fourth-order valence-corrected chi connectivity index (χ4v) is 3.94. The van der Waals surface area contributed by atoms with Crippen LogP contribution in [-0.4, -0.2) is 45.7 Å². The van der Waals surface area contributed by atoms with Crippen molar-refractivity contribution in [3.8, 4) is 5.69 Å². The minimum atomic E-state index is -0.245. The van der Waals surface area contributed by atoms with E-state index in [0.717, 1.165) is 29.6 Å². The molecule has 0 aliphatic heterocycles. The second-order valence-corrected chi connectivity index (χ2v) is 7.12. The van der Waals surface area contributed by atoms with Gasteiger partial charge in [-0.1, -0.05) is 5.21 Å². The summed E-state index contributed by atoms with van der Waals surface area (Å²) in [4.78, 5) is 20.2. The van der Waals surface area contributed by atoms with E-state index in [-0.39, 0.29) is 17.9 Å². The lowest BCUT2D eigenvalue weighted by atomic mass is 10.1. The summed E-state index contributed by atoms with van der Waals surface area (Å²) < 4.78 is 10.1. The molecule has 4 aromatic rings. The first-order valence-electron chi connectivity index (χ1n) is 8.54. The van der Waals surface area contributed by atoms with Crippen LogP contribution in [0.3, 0.4) is 0 Å². The maximum atomic E-state index is 11.3. The molecule has 2 atom stereocenters. The highest BCUT2D eigenvalue weighted by Crippen LogP contribution is 2.27. The fraction of sp³-hybridized carbons (Fsp3) is 0.312. The molecule has 10 nitrogen and oxygen atoms in total. The third kappa shape index (κ3) is 2.85. The van der Waals surface area contributed by atoms with Crippen molar-refractivity contribution in [2.75, 3.05) is 5.32 Å². The van der Waals surface area contributed by atoms with E-state index in [0.29, 0.717) is 23.5 Å². The van der Waals surface area contributed by atoms with Gasteiger partial charge in [0.2, 0.25) is 11.9 Å². The predicted octanol–water partition coefficient (Wildman–Crippen LogP) is 1.28. The van der Waals surface area contributed by atoms with Gasteiger partial charge in [0.15, 0.2) is 11.2 Å². The summed E-state index contributed by atoms with van der Waals surface area (Å²) in [5.41, 5.74) is 9.04. The highest BCUT2D eigenvalue weighted by Gasteiger charge is 2.28. The molecule has 3 heterocycles. The van der Waals surface area contributed by atoms with Crippen LogP contribution in [0.15, 0.2) is 24.4 Å². The summed E-state index contributed by atoms with van der Waals surface area (Å²) in [6.07, 6.45) is 3.98. The Bertz CT molecular complexity index is 1150. The first kappa shape index (κ1) is 16.0. The van der Waals surface area contributed by atoms with E-state index in [9.17, 15) is 4.79 Å². The number of carbonyl (C=O) groups is 1. The topological polar surface area (TPSA) is 137 Å². The minimum Gasteiger partial charge on any atom is -0.369 e. The second kappa shape index (κ2) is 6.20. The fourth-order valence-electron chi connectivity index (χ4n) is 3.43. The standard InChI is InChI=1S/C16H15N9OS/c17-14(26)8-1-2-9(5-8)19-16-18-7-13-15(20-16)25(24-21-13)10-3-4-11-12(6-10)23-27-22-11/h3-4,6-9H,1-2,5H2,(H2,17,26)(H,18,19,20)/t8-,9+/m0/s1. The Morgan fingerprint density at radius 2 is 2.11 bits per heavy atom. The van der Waals surface area contributed by atoms with Gasteiger partial charge in [-0.3, -0.25) is 4.79 Å². The average molecular weight is 381 g/mol. The van der Waals surface area contributed by atoms with Crippen LogP contribution in [0.25, 0.3) is 27.9 Å². The predicted molar refractivity (Wildman–Crippen MR) is 99.4 cm³/mol. The van der Waals surface area contributed by atoms with Crippen molar-refractivity contribution in [3.05, 3.63) is 24.4 Å². The number of rotatable bonds is 4. The number of nitrogens with one attached hydrogen (secondary N) is 1. The van der Waals surface area contributed by atoms with E-state index in [2.05, 4.69) is 34.3 Å². The van der Waals surface area contributed by atoms with E-state index in [1.807, 2.05) is 18.2 Å². The largest absolute Gasteiger partial charge is 0.369 e. The van der Waals surface area contributed by atoms with Crippen LogP contribution in [-0.2, 0) is 4.79 Å². The van der Waals surface area contributed by atoms with Crippen LogP contribution < -0.4 is 11.1 Å². The van der Waals surface area contributed by atoms with Crippen molar-refractivity contribution in [2.45, 2.75) is 25.3 Å². The van der Waals surface area contributed by atoms with E-state index >= 15 is 0 Å². The van der Waals surface area contributed by atoms with Crippen molar-refractivity contribution in [3.63, 3.8) is 0 Å². The zero-order valence-corrected chi connectivity index (χ0v) is 14.9. The molecule has 27 heavy (non-hydrogen) atoms. The van der Waals surface area contributed by atoms with Crippen molar-refractivity contribution in [1.82, 2.24) is 33.7 Å². The summed E-state index contributed by atoms with van der Waals surface area (Å²) in [5, 5.41) is 11.6. The Hall–Kier alpha value is -3.21. The molecule has 0 spiro atoms. The summed E-state index contributed by atoms with van der Waals surface area (Å²) in [7, 11) is 0. The number of nitrogens with zero attached hydrogens (tertiary/aromatic N) is 7. The van der Waals surface area contributed by atoms with Gasteiger partial charge in [0.25, 0.3) is 0 Å². The first-order valence-corrected chi connectivity index (χ1v) is 9.27. The van der Waals surface area contributed by atoms with E-state index in [1.54, 1.807) is 10.9 Å². The first-order chi connectivity index (χ1) is 13.2. The van der Waals surface area contributed by atoms with Crippen molar-refractivity contribution in [2.24, 2.45) is 11.7 Å². The summed E-state index contributed by atoms with van der Waals surface area (Å²) >= 11 is 1.17. The Labute approximate surface area is 157 Å². The van der Waals surface area contributed by atoms with E-state index in [1.165, 1.54) is 11.7 Å². The number of fused-ring (bicyclic) bond motifs is 2. The molecular formula is C16H15N9OS. The number of anilines is 1. The van der Waals surface area contributed by atoms with Crippen LogP contribution in [0.5, 0.6) is 0 Å². The Morgan fingerprint density at radius 1 is 1.22 bits per heavy atom. The molecule has 5 rings (SSSR count). The Kier molecular flexibility index (Phi) is 3.67. The monoisotopic (exact) mass is 381 g/mol. The number of primary amides is 1. The Balaban J connectivity index is 1.46. The molecule has 3 N–H and O–H groups in total. The molecule has 136 valence electrons. The quantitative estimate of drug-likeness (QED) is 0.539. The number of hydrogen-bond acceptors (Lipinski definition) is 9. The number of carbonyl (C=O) groups excluding carboxylic acids is 1. The second-order valence-electron chi connectivity index (χ2n) is 6.59. The van der Waals surface area contributed by atoms with Gasteiger partial charge in [0.1, 0.15) is 11.0 Å². The highest BCUT2D eigenvalue weighted by atomic mass is 32.1. The molecule has 1 aliphatic rings. The van der Waals surface area contributed by atoms with Crippen LogP contribution in [0.1, 0.15) is 19.3 Å². The van der Waals surface area contributed by atoms with Gasteiger partial charge in [-0.25, -0.2) is 4.98 Å². The lowest BCUT2D eigenvalue weighted by Crippen LogP contribution is -2.23. The van der Waals surface area contributed by atoms with Gasteiger partial charge in [-0.15, -0.1) is 5.10 Å². The number of hydrogen-bond donors (Lipinski definition) is 2. The molecular weight excluding hydrogens is 366 g/mol. The molecule has 0 saturated heterocycles. The van der Waals surface area contributed by atoms with Crippen LogP contribution in [0.4, 0.5) is 5.95 Å². The summed E-state index contributed by atoms with van der Waals surface area (Å²) in [6, 6.07) is 5.82. The molecule has 1 saturated carbocycles. The zero-order chi connectivity index (χ0) is 18.4. The Morgan fingerprint density at radius 3 is 2.96 bits per heavy atom. The van der Waals surface area contributed by atoms with Crippen LogP contribution in [0, 0.1) is 5.92 Å². The number of benzene rings is 1. The average Bonchev–Trinajstić information content (AvgIpc) is 3.40. The molecule has 3 aromatic heterocycles. The van der Waals surface area contributed by atoms with E-state index < -0.39 is 0 Å². The smallest absolute Gasteiger partial charge is 0.225 e. The maximum absolute atomic E-state index is 11.3. The van der Waals surface area contributed by atoms with Crippen LogP contribution in [0.2, 0.25) is 0 Å². The third-order valence-corrected chi connectivity index (χ3v) is 5.40. The van der Waals surface area contributed by atoms with Crippen molar-refractivity contribution in [1.29, 1.82) is 0 Å². The van der Waals surface area contributed by atoms with Gasteiger partial charge >= 0.3 is 0 Å². The van der Waals surface area contributed by atoms with Gasteiger partial charge in [0, 0.05) is 12.0 Å². The lowest BCUT2D eigenvalue weighted by Gasteiger charge is -2.12. The summed E-state index contributed by atoms with van der Waals surface area (Å²) in [5.74, 6) is 0.152. The SMILES string of the molecule is NC(=O)[C@H]1CC[C@@H](Nc2ncc3nnn(-c4ccc5nsnc5c4)c3n2)C1. The number of aromatic nitrogens is 7. The molecule has 0 unspecified atom stereocenters.